The van der Waals surface area contributed by atoms with Crippen LogP contribution in [0.1, 0.15) is 16.1 Å². The van der Waals surface area contributed by atoms with E-state index in [2.05, 4.69) is 4.98 Å². The van der Waals surface area contributed by atoms with Gasteiger partial charge in [0.1, 0.15) is 17.4 Å². The van der Waals surface area contributed by atoms with Crippen molar-refractivity contribution in [2.24, 2.45) is 0 Å². The maximum atomic E-state index is 14.9. The number of aromatic nitrogens is 1. The summed E-state index contributed by atoms with van der Waals surface area (Å²) in [4.78, 5) is 19.0. The summed E-state index contributed by atoms with van der Waals surface area (Å²) in [6.07, 6.45) is 5.48. The minimum Gasteiger partial charge on any atom is -0.496 e. The molecule has 5 rings (SSSR count). The Morgan fingerprint density at radius 2 is 1.97 bits per heavy atom. The molecule has 7 heteroatoms. The van der Waals surface area contributed by atoms with Crippen LogP contribution in [-0.2, 0) is 6.54 Å². The van der Waals surface area contributed by atoms with E-state index in [0.717, 1.165) is 5.70 Å². The van der Waals surface area contributed by atoms with Gasteiger partial charge < -0.3 is 15.4 Å². The lowest BCUT2D eigenvalue weighted by Crippen LogP contribution is -2.24. The van der Waals surface area contributed by atoms with Crippen molar-refractivity contribution in [3.05, 3.63) is 77.1 Å². The highest BCUT2D eigenvalue weighted by Crippen LogP contribution is 2.41. The quantitative estimate of drug-likeness (QED) is 0.727. The van der Waals surface area contributed by atoms with Gasteiger partial charge in [0.2, 0.25) is 0 Å². The fourth-order valence-electron chi connectivity index (χ4n) is 3.79. The second-order valence-electron chi connectivity index (χ2n) is 6.85. The van der Waals surface area contributed by atoms with E-state index in [9.17, 15) is 13.6 Å². The van der Waals surface area contributed by atoms with Crippen LogP contribution in [0.2, 0.25) is 0 Å². The molecule has 1 aliphatic heterocycles. The van der Waals surface area contributed by atoms with Gasteiger partial charge in [-0.15, -0.1) is 0 Å². The van der Waals surface area contributed by atoms with Crippen LogP contribution >= 0.6 is 0 Å². The molecule has 1 aromatic heterocycles. The third kappa shape index (κ3) is 2.44. The molecule has 144 valence electrons. The van der Waals surface area contributed by atoms with Crippen molar-refractivity contribution in [1.82, 2.24) is 9.88 Å². The van der Waals surface area contributed by atoms with Crippen molar-refractivity contribution in [3.8, 4) is 16.9 Å². The highest BCUT2D eigenvalue weighted by atomic mass is 19.1. The zero-order chi connectivity index (χ0) is 20.3. The number of methoxy groups -OCH3 is 1. The normalized spacial score (nSPS) is 14.8. The molecule has 29 heavy (non-hydrogen) atoms. The number of rotatable bonds is 3. The average molecular weight is 391 g/mol. The lowest BCUT2D eigenvalue weighted by atomic mass is 9.97. The van der Waals surface area contributed by atoms with Crippen LogP contribution in [0.25, 0.3) is 22.0 Å². The van der Waals surface area contributed by atoms with Gasteiger partial charge in [-0.25, -0.2) is 13.8 Å². The summed E-state index contributed by atoms with van der Waals surface area (Å²) in [5.74, 6) is -1.05. The summed E-state index contributed by atoms with van der Waals surface area (Å²) in [5.41, 5.74) is 8.69. The lowest BCUT2D eigenvalue weighted by Gasteiger charge is -2.19. The molecule has 1 amide bonds. The molecule has 0 fully saturated rings. The number of hydrogen-bond acceptors (Lipinski definition) is 4. The number of anilines is 1. The number of nitrogens with two attached hydrogens (primary N) is 1. The van der Waals surface area contributed by atoms with Gasteiger partial charge in [0, 0.05) is 22.2 Å². The third-order valence-corrected chi connectivity index (χ3v) is 5.27. The number of halogens is 2. The molecule has 2 aliphatic rings. The van der Waals surface area contributed by atoms with Crippen LogP contribution in [0, 0.1) is 11.6 Å². The maximum absolute atomic E-state index is 14.9. The molecular formula is C22H15F2N3O2. The number of amides is 1. The van der Waals surface area contributed by atoms with Gasteiger partial charge in [0.25, 0.3) is 5.91 Å². The molecule has 3 aromatic rings. The Bertz CT molecular complexity index is 1280. The number of nitrogen functional groups attached to an aromatic ring is 1. The van der Waals surface area contributed by atoms with Gasteiger partial charge in [-0.1, -0.05) is 6.08 Å². The van der Waals surface area contributed by atoms with E-state index in [-0.39, 0.29) is 34.8 Å². The number of hydrogen-bond donors (Lipinski definition) is 1. The monoisotopic (exact) mass is 391 g/mol. The SMILES string of the molecule is COc1ccc(F)cc1-c1c(F)ccc2c(N)c3c(nc12)CN(C1=CC=C1)C3=O. The minimum absolute atomic E-state index is 0.0852. The number of pyridine rings is 1. The first kappa shape index (κ1) is 17.4. The maximum Gasteiger partial charge on any atom is 0.262 e. The predicted molar refractivity (Wildman–Crippen MR) is 105 cm³/mol. The summed E-state index contributed by atoms with van der Waals surface area (Å²) in [7, 11) is 1.43. The summed E-state index contributed by atoms with van der Waals surface area (Å²) >= 11 is 0. The molecule has 0 radical (unpaired) electrons. The van der Waals surface area contributed by atoms with E-state index < -0.39 is 11.6 Å². The number of nitrogens with zero attached hydrogens (tertiary/aromatic N) is 2. The third-order valence-electron chi connectivity index (χ3n) is 5.27. The van der Waals surface area contributed by atoms with Gasteiger partial charge in [0.15, 0.2) is 0 Å². The fourth-order valence-corrected chi connectivity index (χ4v) is 3.79. The number of fused-ring (bicyclic) bond motifs is 2. The second-order valence-corrected chi connectivity index (χ2v) is 6.85. The highest BCUT2D eigenvalue weighted by molar-refractivity contribution is 6.12. The van der Waals surface area contributed by atoms with Crippen molar-refractivity contribution in [2.75, 3.05) is 12.8 Å². The lowest BCUT2D eigenvalue weighted by molar-refractivity contribution is 0.0831. The Morgan fingerprint density at radius 3 is 2.66 bits per heavy atom. The summed E-state index contributed by atoms with van der Waals surface area (Å²) in [6, 6.07) is 6.59. The molecule has 0 unspecified atom stereocenters. The van der Waals surface area contributed by atoms with Crippen molar-refractivity contribution >= 4 is 22.5 Å². The van der Waals surface area contributed by atoms with Crippen molar-refractivity contribution in [2.45, 2.75) is 6.54 Å². The molecule has 5 nitrogen and oxygen atoms in total. The van der Waals surface area contributed by atoms with Gasteiger partial charge >= 0.3 is 0 Å². The van der Waals surface area contributed by atoms with Crippen LogP contribution in [-0.4, -0.2) is 22.9 Å². The first-order valence-electron chi connectivity index (χ1n) is 8.94. The van der Waals surface area contributed by atoms with Crippen molar-refractivity contribution in [3.63, 3.8) is 0 Å². The Balaban J connectivity index is 1.79. The molecule has 2 heterocycles. The number of carbonyl (C=O) groups is 1. The molecule has 1 aliphatic carbocycles. The Labute approximate surface area is 164 Å². The molecule has 0 saturated heterocycles. The van der Waals surface area contributed by atoms with E-state index in [1.54, 1.807) is 4.90 Å². The first-order valence-corrected chi connectivity index (χ1v) is 8.94. The molecule has 2 aromatic carbocycles. The summed E-state index contributed by atoms with van der Waals surface area (Å²) < 4.78 is 34.2. The average Bonchev–Trinajstić information content (AvgIpc) is 2.96. The van der Waals surface area contributed by atoms with E-state index in [4.69, 9.17) is 10.5 Å². The number of ether oxygens (including phenoxy) is 1. The van der Waals surface area contributed by atoms with Crippen LogP contribution in [0.5, 0.6) is 5.75 Å². The van der Waals surface area contributed by atoms with E-state index in [1.807, 2.05) is 18.2 Å². The van der Waals surface area contributed by atoms with E-state index in [1.165, 1.54) is 37.4 Å². The van der Waals surface area contributed by atoms with E-state index >= 15 is 0 Å². The standard InChI is InChI=1S/C22H15F2N3O2/c1-29-17-8-5-11(23)9-14(17)18-15(24)7-6-13-20(25)19-16(26-21(13)18)10-27(22(19)28)12-3-2-4-12/h2-9H,10H2,1H3,(H2,25,26). The molecular weight excluding hydrogens is 376 g/mol. The number of carbonyl (C=O) groups excluding carboxylic acids is 1. The Kier molecular flexibility index (Phi) is 3.67. The molecule has 0 bridgehead atoms. The fraction of sp³-hybridized carbons (Fsp3) is 0.0909. The zero-order valence-electron chi connectivity index (χ0n) is 15.4. The summed E-state index contributed by atoms with van der Waals surface area (Å²) in [5, 5.41) is 0.430. The van der Waals surface area contributed by atoms with Gasteiger partial charge in [-0.05, 0) is 42.5 Å². The predicted octanol–water partition coefficient (Wildman–Crippen LogP) is 4.18. The minimum atomic E-state index is -0.584. The van der Waals surface area contributed by atoms with Gasteiger partial charge in [-0.2, -0.15) is 0 Å². The zero-order valence-corrected chi connectivity index (χ0v) is 15.4. The van der Waals surface area contributed by atoms with E-state index in [0.29, 0.717) is 22.4 Å². The van der Waals surface area contributed by atoms with Crippen LogP contribution < -0.4 is 10.5 Å². The van der Waals surface area contributed by atoms with Crippen LogP contribution in [0.4, 0.5) is 14.5 Å². The van der Waals surface area contributed by atoms with Crippen LogP contribution in [0.15, 0.2) is 54.3 Å². The van der Waals surface area contributed by atoms with Crippen molar-refractivity contribution in [1.29, 1.82) is 0 Å². The molecule has 0 atom stereocenters. The first-order chi connectivity index (χ1) is 14.0. The van der Waals surface area contributed by atoms with Crippen LogP contribution in [0.3, 0.4) is 0 Å². The molecule has 0 spiro atoms. The smallest absolute Gasteiger partial charge is 0.262 e. The molecule has 2 N–H and O–H groups in total. The summed E-state index contributed by atoms with van der Waals surface area (Å²) in [6.45, 7) is 0.237. The second kappa shape index (κ2) is 6.13. The Morgan fingerprint density at radius 1 is 1.17 bits per heavy atom. The van der Waals surface area contributed by atoms with Gasteiger partial charge in [-0.3, -0.25) is 4.79 Å². The topological polar surface area (TPSA) is 68.5 Å². The largest absolute Gasteiger partial charge is 0.496 e. The van der Waals surface area contributed by atoms with Crippen molar-refractivity contribution < 1.29 is 18.3 Å². The number of benzene rings is 2. The number of allylic oxidation sites excluding steroid dienone is 3. The molecule has 0 saturated carbocycles. The van der Waals surface area contributed by atoms with Gasteiger partial charge in [0.05, 0.1) is 36.1 Å². The Hall–Kier alpha value is -3.74. The highest BCUT2D eigenvalue weighted by Gasteiger charge is 2.34.